The fraction of sp³-hybridized carbons (Fsp3) is 0.0952. The number of aromatic nitrogens is 2. The fourth-order valence-electron chi connectivity index (χ4n) is 3.29. The zero-order chi connectivity index (χ0) is 19.8. The number of carboxylic acid groups (broad SMARTS) is 1. The molecule has 0 saturated carbocycles. The largest absolute Gasteiger partial charge is 0.480 e. The van der Waals surface area contributed by atoms with Gasteiger partial charge < -0.3 is 19.8 Å². The summed E-state index contributed by atoms with van der Waals surface area (Å²) in [4.78, 5) is 15.9. The molecule has 0 spiro atoms. The van der Waals surface area contributed by atoms with Gasteiger partial charge in [0, 0.05) is 28.2 Å². The Balaban J connectivity index is 1.99. The normalized spacial score (nSPS) is 12.0. The Bertz CT molecular complexity index is 1230. The minimum absolute atomic E-state index is 0.0921. The van der Waals surface area contributed by atoms with Crippen molar-refractivity contribution in [3.05, 3.63) is 60.5 Å². The second-order valence-electron chi connectivity index (χ2n) is 6.39. The van der Waals surface area contributed by atoms with Crippen LogP contribution >= 0.6 is 0 Å². The molecule has 0 aliphatic carbocycles. The third-order valence-electron chi connectivity index (χ3n) is 4.74. The van der Waals surface area contributed by atoms with Crippen molar-refractivity contribution in [2.45, 2.75) is 13.0 Å². The van der Waals surface area contributed by atoms with Gasteiger partial charge >= 0.3 is 5.97 Å². The Labute approximate surface area is 160 Å². The number of carbonyl (C=O) groups is 1. The summed E-state index contributed by atoms with van der Waals surface area (Å²) in [6.07, 6.45) is 3.27. The van der Waals surface area contributed by atoms with Crippen LogP contribution in [0.15, 0.2) is 59.3 Å². The standard InChI is InChI=1S/C21H16N4O3/c1-12(21(26)27)25-11-16(13-5-2-3-6-18(13)25)17-9-14(19-7-4-8-28-19)15(10-22)20(23)24-17/h2-9,11-12H,1H3,(H2,23,24)(H,26,27). The van der Waals surface area contributed by atoms with Crippen LogP contribution in [0.4, 0.5) is 5.82 Å². The molecule has 138 valence electrons. The molecular formula is C21H16N4O3. The molecule has 1 unspecified atom stereocenters. The molecule has 0 bridgehead atoms. The Hall–Kier alpha value is -4.05. The van der Waals surface area contributed by atoms with E-state index in [9.17, 15) is 15.2 Å². The van der Waals surface area contributed by atoms with Gasteiger partial charge in [-0.05, 0) is 31.2 Å². The highest BCUT2D eigenvalue weighted by atomic mass is 16.4. The molecule has 0 saturated heterocycles. The first kappa shape index (κ1) is 17.4. The summed E-state index contributed by atoms with van der Waals surface area (Å²) in [5.41, 5.74) is 8.88. The zero-order valence-corrected chi connectivity index (χ0v) is 15.0. The second kappa shape index (κ2) is 6.59. The van der Waals surface area contributed by atoms with E-state index in [0.717, 1.165) is 16.5 Å². The molecule has 7 heteroatoms. The quantitative estimate of drug-likeness (QED) is 0.557. The Morgan fingerprint density at radius 1 is 1.29 bits per heavy atom. The average molecular weight is 372 g/mol. The van der Waals surface area contributed by atoms with Gasteiger partial charge in [-0.15, -0.1) is 0 Å². The van der Waals surface area contributed by atoms with Crippen molar-refractivity contribution in [3.8, 4) is 28.7 Å². The van der Waals surface area contributed by atoms with E-state index in [1.807, 2.05) is 24.3 Å². The van der Waals surface area contributed by atoms with Crippen LogP contribution in [0.1, 0.15) is 18.5 Å². The SMILES string of the molecule is CC(C(=O)O)n1cc(-c2cc(-c3ccco3)c(C#N)c(N)n2)c2ccccc21. The molecule has 28 heavy (non-hydrogen) atoms. The van der Waals surface area contributed by atoms with Gasteiger partial charge in [-0.2, -0.15) is 5.26 Å². The van der Waals surface area contributed by atoms with Crippen LogP contribution < -0.4 is 5.73 Å². The molecule has 1 atom stereocenters. The lowest BCUT2D eigenvalue weighted by molar-refractivity contribution is -0.140. The molecule has 3 aromatic heterocycles. The predicted molar refractivity (Wildman–Crippen MR) is 104 cm³/mol. The van der Waals surface area contributed by atoms with E-state index in [-0.39, 0.29) is 11.4 Å². The van der Waals surface area contributed by atoms with E-state index >= 15 is 0 Å². The summed E-state index contributed by atoms with van der Waals surface area (Å²) in [6, 6.07) is 14.0. The van der Waals surface area contributed by atoms with Gasteiger partial charge in [0.1, 0.15) is 29.3 Å². The van der Waals surface area contributed by atoms with Crippen molar-refractivity contribution >= 4 is 22.7 Å². The highest BCUT2D eigenvalue weighted by molar-refractivity contribution is 5.97. The summed E-state index contributed by atoms with van der Waals surface area (Å²) in [5, 5.41) is 19.8. The maximum atomic E-state index is 11.5. The smallest absolute Gasteiger partial charge is 0.326 e. The summed E-state index contributed by atoms with van der Waals surface area (Å²) in [7, 11) is 0. The van der Waals surface area contributed by atoms with Gasteiger partial charge in [-0.25, -0.2) is 9.78 Å². The first-order valence-corrected chi connectivity index (χ1v) is 8.58. The number of nitrogens with two attached hydrogens (primary N) is 1. The lowest BCUT2D eigenvalue weighted by atomic mass is 10.0. The number of fused-ring (bicyclic) bond motifs is 1. The van der Waals surface area contributed by atoms with Crippen LogP contribution in [0.25, 0.3) is 33.5 Å². The van der Waals surface area contributed by atoms with Gasteiger partial charge in [0.25, 0.3) is 0 Å². The van der Waals surface area contributed by atoms with E-state index in [4.69, 9.17) is 10.2 Å². The third kappa shape index (κ3) is 2.68. The molecule has 0 fully saturated rings. The number of anilines is 1. The van der Waals surface area contributed by atoms with E-state index in [1.54, 1.807) is 35.9 Å². The maximum Gasteiger partial charge on any atom is 0.326 e. The number of nitriles is 1. The van der Waals surface area contributed by atoms with Crippen molar-refractivity contribution in [1.82, 2.24) is 9.55 Å². The van der Waals surface area contributed by atoms with E-state index in [2.05, 4.69) is 11.1 Å². The number of hydrogen-bond donors (Lipinski definition) is 2. The number of nitrogen functional groups attached to an aromatic ring is 1. The number of para-hydroxylation sites is 1. The molecule has 1 aromatic carbocycles. The number of aliphatic carboxylic acids is 1. The molecule has 4 aromatic rings. The number of furan rings is 1. The summed E-state index contributed by atoms with van der Waals surface area (Å²) < 4.78 is 7.14. The summed E-state index contributed by atoms with van der Waals surface area (Å²) in [6.45, 7) is 1.62. The lowest BCUT2D eigenvalue weighted by Gasteiger charge is -2.09. The topological polar surface area (TPSA) is 118 Å². The predicted octanol–water partition coefficient (Wildman–Crippen LogP) is 4.06. The number of benzene rings is 1. The molecule has 0 radical (unpaired) electrons. The van der Waals surface area contributed by atoms with Crippen molar-refractivity contribution in [3.63, 3.8) is 0 Å². The highest BCUT2D eigenvalue weighted by Crippen LogP contribution is 2.36. The van der Waals surface area contributed by atoms with Crippen LogP contribution in [0, 0.1) is 11.3 Å². The molecule has 4 rings (SSSR count). The minimum atomic E-state index is -0.934. The number of pyridine rings is 1. The number of carboxylic acids is 1. The van der Waals surface area contributed by atoms with Crippen LogP contribution in [0.3, 0.4) is 0 Å². The van der Waals surface area contributed by atoms with Crippen molar-refractivity contribution in [1.29, 1.82) is 5.26 Å². The number of nitrogens with zero attached hydrogens (tertiary/aromatic N) is 3. The summed E-state index contributed by atoms with van der Waals surface area (Å²) >= 11 is 0. The maximum absolute atomic E-state index is 11.5. The average Bonchev–Trinajstić information content (AvgIpc) is 3.35. The Morgan fingerprint density at radius 3 is 2.75 bits per heavy atom. The van der Waals surface area contributed by atoms with Gasteiger partial charge in [-0.3, -0.25) is 0 Å². The van der Waals surface area contributed by atoms with Crippen molar-refractivity contribution in [2.24, 2.45) is 0 Å². The molecule has 0 amide bonds. The Morgan fingerprint density at radius 2 is 2.07 bits per heavy atom. The zero-order valence-electron chi connectivity index (χ0n) is 15.0. The van der Waals surface area contributed by atoms with Crippen LogP contribution in [0.2, 0.25) is 0 Å². The van der Waals surface area contributed by atoms with Gasteiger partial charge in [0.2, 0.25) is 0 Å². The van der Waals surface area contributed by atoms with E-state index in [0.29, 0.717) is 17.0 Å². The molecule has 0 aliphatic rings. The second-order valence-corrected chi connectivity index (χ2v) is 6.39. The molecule has 3 N–H and O–H groups in total. The van der Waals surface area contributed by atoms with Crippen molar-refractivity contribution in [2.75, 3.05) is 5.73 Å². The Kier molecular flexibility index (Phi) is 4.09. The molecule has 7 nitrogen and oxygen atoms in total. The highest BCUT2D eigenvalue weighted by Gasteiger charge is 2.21. The first-order chi connectivity index (χ1) is 13.5. The monoisotopic (exact) mass is 372 g/mol. The van der Waals surface area contributed by atoms with Crippen molar-refractivity contribution < 1.29 is 14.3 Å². The van der Waals surface area contributed by atoms with Gasteiger partial charge in [-0.1, -0.05) is 18.2 Å². The number of rotatable bonds is 4. The van der Waals surface area contributed by atoms with Gasteiger partial charge in [0.15, 0.2) is 0 Å². The number of hydrogen-bond acceptors (Lipinski definition) is 5. The van der Waals surface area contributed by atoms with Gasteiger partial charge in [0.05, 0.1) is 12.0 Å². The molecular weight excluding hydrogens is 356 g/mol. The third-order valence-corrected chi connectivity index (χ3v) is 4.74. The summed E-state index contributed by atoms with van der Waals surface area (Å²) in [5.74, 6) is -0.333. The van der Waals surface area contributed by atoms with E-state index in [1.165, 1.54) is 6.26 Å². The lowest BCUT2D eigenvalue weighted by Crippen LogP contribution is -2.14. The first-order valence-electron chi connectivity index (χ1n) is 8.58. The van der Waals surface area contributed by atoms with Crippen LogP contribution in [0.5, 0.6) is 0 Å². The fourth-order valence-corrected chi connectivity index (χ4v) is 3.29. The molecule has 3 heterocycles. The minimum Gasteiger partial charge on any atom is -0.480 e. The van der Waals surface area contributed by atoms with E-state index < -0.39 is 12.0 Å². The molecule has 0 aliphatic heterocycles. The van der Waals surface area contributed by atoms with Crippen LogP contribution in [-0.4, -0.2) is 20.6 Å². The van der Waals surface area contributed by atoms with Crippen LogP contribution in [-0.2, 0) is 4.79 Å².